The van der Waals surface area contributed by atoms with Crippen molar-refractivity contribution in [3.63, 3.8) is 0 Å². The van der Waals surface area contributed by atoms with Gasteiger partial charge < -0.3 is 4.74 Å². The number of rotatable bonds is 3. The smallest absolute Gasteiger partial charge is 0.328 e. The normalized spacial score (nSPS) is 33.2. The van der Waals surface area contributed by atoms with E-state index in [0.29, 0.717) is 12.8 Å². The maximum Gasteiger partial charge on any atom is 0.328 e. The molecule has 19 heavy (non-hydrogen) atoms. The highest BCUT2D eigenvalue weighted by Gasteiger charge is 2.68. The van der Waals surface area contributed by atoms with E-state index in [9.17, 15) is 13.2 Å². The molecule has 2 bridgehead atoms. The highest BCUT2D eigenvalue weighted by Crippen LogP contribution is 2.52. The number of hydrogen-bond acceptors (Lipinski definition) is 4. The first-order valence-corrected chi connectivity index (χ1v) is 7.65. The van der Waals surface area contributed by atoms with E-state index in [1.807, 2.05) is 0 Å². The van der Waals surface area contributed by atoms with Crippen LogP contribution in [0.3, 0.4) is 0 Å². The number of benzene rings is 1. The molecule has 4 nitrogen and oxygen atoms in total. The third-order valence-electron chi connectivity index (χ3n) is 4.13. The van der Waals surface area contributed by atoms with Crippen molar-refractivity contribution in [2.75, 3.05) is 0 Å². The molecule has 0 spiro atoms. The number of esters is 1. The Kier molecular flexibility index (Phi) is 2.57. The fourth-order valence-electron chi connectivity index (χ4n) is 3.19. The zero-order chi connectivity index (χ0) is 13.7. The van der Waals surface area contributed by atoms with Crippen LogP contribution in [0.4, 0.5) is 0 Å². The molecule has 1 saturated carbocycles. The molecule has 1 heterocycles. The fourth-order valence-corrected chi connectivity index (χ4v) is 5.38. The number of carbonyl (C=O) groups is 1. The summed E-state index contributed by atoms with van der Waals surface area (Å²) < 4.78 is 29.4. The third-order valence-corrected chi connectivity index (χ3v) is 6.62. The summed E-state index contributed by atoms with van der Waals surface area (Å²) in [4.78, 5) is 12.3. The van der Waals surface area contributed by atoms with Crippen molar-refractivity contribution >= 4 is 15.8 Å². The maximum absolute atomic E-state index is 12.8. The largest absolute Gasteiger partial charge is 0.460 e. The van der Waals surface area contributed by atoms with Crippen LogP contribution in [0.15, 0.2) is 47.9 Å². The second-order valence-electron chi connectivity index (χ2n) is 4.95. The van der Waals surface area contributed by atoms with Gasteiger partial charge in [-0.1, -0.05) is 24.3 Å². The fraction of sp³-hybridized carbons (Fsp3) is 0.357. The molecular formula is C14H14O4S. The molecule has 3 rings (SSSR count). The van der Waals surface area contributed by atoms with E-state index in [1.165, 1.54) is 12.1 Å². The standard InChI is InChI=1S/C14H14O4S/c1-2-11-12-8-9-14(11,13(15)18-12)19(16,17)10-6-4-3-5-7-10/h2-7,11-12H,1,8-9H2/t11-,12-,14-/m1/s1. The second kappa shape index (κ2) is 3.93. The van der Waals surface area contributed by atoms with E-state index in [1.54, 1.807) is 24.3 Å². The Hall–Kier alpha value is -1.62. The zero-order valence-corrected chi connectivity index (χ0v) is 11.1. The van der Waals surface area contributed by atoms with Gasteiger partial charge in [0.1, 0.15) is 6.10 Å². The lowest BCUT2D eigenvalue weighted by atomic mass is 9.97. The van der Waals surface area contributed by atoms with Crippen LogP contribution in [0.5, 0.6) is 0 Å². The lowest BCUT2D eigenvalue weighted by Crippen LogP contribution is -2.46. The summed E-state index contributed by atoms with van der Waals surface area (Å²) in [7, 11) is -3.76. The van der Waals surface area contributed by atoms with Gasteiger partial charge in [-0.15, -0.1) is 6.58 Å². The number of carbonyl (C=O) groups excluding carboxylic acids is 1. The van der Waals surface area contributed by atoms with E-state index < -0.39 is 26.5 Å². The number of ether oxygens (including phenoxy) is 1. The molecule has 100 valence electrons. The maximum atomic E-state index is 12.8. The van der Waals surface area contributed by atoms with E-state index in [2.05, 4.69) is 6.58 Å². The van der Waals surface area contributed by atoms with Gasteiger partial charge >= 0.3 is 5.97 Å². The van der Waals surface area contributed by atoms with E-state index in [4.69, 9.17) is 4.74 Å². The second-order valence-corrected chi connectivity index (χ2v) is 7.16. The van der Waals surface area contributed by atoms with Gasteiger partial charge in [-0.05, 0) is 25.0 Å². The van der Waals surface area contributed by atoms with Crippen molar-refractivity contribution in [1.82, 2.24) is 0 Å². The van der Waals surface area contributed by atoms with Crippen LogP contribution in [0, 0.1) is 5.92 Å². The SMILES string of the molecule is C=C[C@@H]1[C@H]2CC[C@]1(S(=O)(=O)c1ccccc1)C(=O)O2. The summed E-state index contributed by atoms with van der Waals surface area (Å²) in [5, 5.41) is 0. The van der Waals surface area contributed by atoms with E-state index in [-0.39, 0.29) is 11.0 Å². The molecule has 1 aliphatic heterocycles. The van der Waals surface area contributed by atoms with Gasteiger partial charge in [-0.3, -0.25) is 4.79 Å². The average molecular weight is 278 g/mol. The van der Waals surface area contributed by atoms with Crippen LogP contribution in [0.1, 0.15) is 12.8 Å². The van der Waals surface area contributed by atoms with E-state index >= 15 is 0 Å². The van der Waals surface area contributed by atoms with Crippen molar-refractivity contribution in [2.24, 2.45) is 5.92 Å². The molecule has 1 aliphatic carbocycles. The lowest BCUT2D eigenvalue weighted by Gasteiger charge is -2.25. The number of fused-ring (bicyclic) bond motifs is 2. The summed E-state index contributed by atoms with van der Waals surface area (Å²) in [6, 6.07) is 8.08. The Morgan fingerprint density at radius 2 is 2.00 bits per heavy atom. The van der Waals surface area contributed by atoms with Crippen molar-refractivity contribution < 1.29 is 17.9 Å². The van der Waals surface area contributed by atoms with Gasteiger partial charge in [0.2, 0.25) is 0 Å². The molecule has 2 aliphatic rings. The minimum absolute atomic E-state index is 0.168. The van der Waals surface area contributed by atoms with Gasteiger partial charge in [0, 0.05) is 5.92 Å². The van der Waals surface area contributed by atoms with Gasteiger partial charge in [0.25, 0.3) is 0 Å². The predicted octanol–water partition coefficient (Wildman–Crippen LogP) is 1.72. The highest BCUT2D eigenvalue weighted by atomic mass is 32.2. The Bertz CT molecular complexity index is 635. The van der Waals surface area contributed by atoms with Crippen LogP contribution >= 0.6 is 0 Å². The minimum atomic E-state index is -3.76. The monoisotopic (exact) mass is 278 g/mol. The summed E-state index contributed by atoms with van der Waals surface area (Å²) >= 11 is 0. The molecule has 1 aromatic rings. The van der Waals surface area contributed by atoms with E-state index in [0.717, 1.165) is 0 Å². The predicted molar refractivity (Wildman–Crippen MR) is 69.2 cm³/mol. The molecular weight excluding hydrogens is 264 g/mol. The van der Waals surface area contributed by atoms with Gasteiger partial charge in [0.05, 0.1) is 4.90 Å². The van der Waals surface area contributed by atoms with Gasteiger partial charge in [0.15, 0.2) is 14.6 Å². The van der Waals surface area contributed by atoms with Crippen LogP contribution in [0.2, 0.25) is 0 Å². The first-order chi connectivity index (χ1) is 9.04. The number of hydrogen-bond donors (Lipinski definition) is 0. The van der Waals surface area contributed by atoms with Gasteiger partial charge in [-0.2, -0.15) is 0 Å². The third kappa shape index (κ3) is 1.39. The Morgan fingerprint density at radius 1 is 1.32 bits per heavy atom. The zero-order valence-electron chi connectivity index (χ0n) is 10.3. The molecule has 5 heteroatoms. The number of sulfone groups is 1. The lowest BCUT2D eigenvalue weighted by molar-refractivity contribution is -0.146. The first kappa shape index (κ1) is 12.4. The summed E-state index contributed by atoms with van der Waals surface area (Å²) in [6.07, 6.45) is 2.09. The van der Waals surface area contributed by atoms with Crippen molar-refractivity contribution in [1.29, 1.82) is 0 Å². The summed E-state index contributed by atoms with van der Waals surface area (Å²) in [6.45, 7) is 3.67. The summed E-state index contributed by atoms with van der Waals surface area (Å²) in [5.74, 6) is -1.08. The van der Waals surface area contributed by atoms with Crippen molar-refractivity contribution in [3.8, 4) is 0 Å². The Morgan fingerprint density at radius 3 is 2.58 bits per heavy atom. The first-order valence-electron chi connectivity index (χ1n) is 6.17. The van der Waals surface area contributed by atoms with Crippen LogP contribution < -0.4 is 0 Å². The average Bonchev–Trinajstić information content (AvgIpc) is 2.92. The van der Waals surface area contributed by atoms with Crippen molar-refractivity contribution in [2.45, 2.75) is 28.6 Å². The van der Waals surface area contributed by atoms with Crippen LogP contribution in [0.25, 0.3) is 0 Å². The highest BCUT2D eigenvalue weighted by molar-refractivity contribution is 7.93. The minimum Gasteiger partial charge on any atom is -0.460 e. The molecule has 0 unspecified atom stereocenters. The molecule has 0 amide bonds. The molecule has 3 atom stereocenters. The Balaban J connectivity index is 2.20. The van der Waals surface area contributed by atoms with Crippen LogP contribution in [-0.2, 0) is 19.4 Å². The molecule has 1 aromatic carbocycles. The van der Waals surface area contributed by atoms with Gasteiger partial charge in [-0.25, -0.2) is 8.42 Å². The topological polar surface area (TPSA) is 60.4 Å². The molecule has 0 aromatic heterocycles. The van der Waals surface area contributed by atoms with Crippen LogP contribution in [-0.4, -0.2) is 25.2 Å². The molecule has 0 radical (unpaired) electrons. The molecule has 0 N–H and O–H groups in total. The molecule has 2 fully saturated rings. The summed E-state index contributed by atoms with van der Waals surface area (Å²) in [5.41, 5.74) is 0. The van der Waals surface area contributed by atoms with Crippen molar-refractivity contribution in [3.05, 3.63) is 43.0 Å². The quantitative estimate of drug-likeness (QED) is 0.624. The Labute approximate surface area is 112 Å². The molecule has 1 saturated heterocycles.